The molecule has 0 spiro atoms. The minimum Gasteiger partial charge on any atom is -0.458 e. The molecule has 1 rings (SSSR count). The lowest BCUT2D eigenvalue weighted by Gasteiger charge is -2.15. The lowest BCUT2D eigenvalue weighted by Crippen LogP contribution is -2.34. The van der Waals surface area contributed by atoms with Gasteiger partial charge in [0.05, 0.1) is 4.92 Å². The summed E-state index contributed by atoms with van der Waals surface area (Å²) in [6.07, 6.45) is -4.20. The first kappa shape index (κ1) is 23.9. The van der Waals surface area contributed by atoms with Gasteiger partial charge < -0.3 is 4.74 Å². The number of benzene rings is 1. The molecule has 1 aromatic rings. The first-order chi connectivity index (χ1) is 12.5. The van der Waals surface area contributed by atoms with Crippen LogP contribution in [0.25, 0.3) is 0 Å². The Bertz CT molecular complexity index is 857. The molecular weight excluding hydrogens is 451 g/mol. The third kappa shape index (κ3) is 6.81. The number of nitro benzene ring substituents is 1. The van der Waals surface area contributed by atoms with E-state index >= 15 is 0 Å². The summed E-state index contributed by atoms with van der Waals surface area (Å²) in [5, 5.41) is 11.0. The van der Waals surface area contributed by atoms with Gasteiger partial charge in [0.2, 0.25) is 0 Å². The van der Waals surface area contributed by atoms with Gasteiger partial charge in [0, 0.05) is 11.0 Å². The molecule has 0 N–H and O–H groups in total. The number of rotatable bonds is 8. The predicted molar refractivity (Wildman–Crippen MR) is 79.0 cm³/mol. The fraction of sp³-hybridized carbons (Fsp3) is 0.417. The SMILES string of the molecule is O=C(CS(=O)(=O)c1ccc(SC(F)(F)F)cc1[N+](=O)[O-])OCC(F)(F)C(F)F. The zero-order chi connectivity index (χ0) is 21.9. The normalized spacial score (nSPS) is 12.9. The van der Waals surface area contributed by atoms with Gasteiger partial charge in [-0.15, -0.1) is 0 Å². The Morgan fingerprint density at radius 3 is 2.25 bits per heavy atom. The molecule has 158 valence electrons. The van der Waals surface area contributed by atoms with E-state index in [2.05, 4.69) is 4.74 Å². The molecule has 0 bridgehead atoms. The summed E-state index contributed by atoms with van der Waals surface area (Å²) in [6.45, 7) is -2.14. The van der Waals surface area contributed by atoms with Crippen LogP contribution in [0.2, 0.25) is 0 Å². The number of nitro groups is 1. The highest BCUT2D eigenvalue weighted by atomic mass is 32.2. The van der Waals surface area contributed by atoms with Gasteiger partial charge in [-0.3, -0.25) is 14.9 Å². The second-order valence-corrected chi connectivity index (χ2v) is 8.01. The van der Waals surface area contributed by atoms with E-state index in [0.29, 0.717) is 18.2 Å². The van der Waals surface area contributed by atoms with E-state index in [0.717, 1.165) is 0 Å². The standard InChI is InChI=1S/C12H8F7NO6S2/c13-10(14)11(15,16)5-26-9(21)4-28(24,25)8-2-1-6(27-12(17,18)19)3-7(8)20(22)23/h1-3,10H,4-5H2. The smallest absolute Gasteiger partial charge is 0.446 e. The van der Waals surface area contributed by atoms with Crippen molar-refractivity contribution in [1.29, 1.82) is 0 Å². The minimum absolute atomic E-state index is 0.293. The van der Waals surface area contributed by atoms with Crippen molar-refractivity contribution >= 4 is 33.3 Å². The van der Waals surface area contributed by atoms with Gasteiger partial charge in [0.15, 0.2) is 22.2 Å². The highest BCUT2D eigenvalue weighted by Crippen LogP contribution is 2.39. The first-order valence-electron chi connectivity index (χ1n) is 6.64. The zero-order valence-corrected chi connectivity index (χ0v) is 14.7. The van der Waals surface area contributed by atoms with Crippen LogP contribution in [0.4, 0.5) is 36.4 Å². The van der Waals surface area contributed by atoms with Crippen LogP contribution in [0.3, 0.4) is 0 Å². The molecule has 0 radical (unpaired) electrons. The monoisotopic (exact) mass is 459 g/mol. The predicted octanol–water partition coefficient (Wildman–Crippen LogP) is 3.42. The number of thioether (sulfide) groups is 1. The molecule has 0 fully saturated rings. The number of sulfone groups is 1. The number of carbonyl (C=O) groups is 1. The van der Waals surface area contributed by atoms with Gasteiger partial charge in [0.25, 0.3) is 5.69 Å². The maximum Gasteiger partial charge on any atom is 0.446 e. The lowest BCUT2D eigenvalue weighted by molar-refractivity contribution is -0.388. The Morgan fingerprint density at radius 1 is 1.21 bits per heavy atom. The molecule has 1 aromatic carbocycles. The Morgan fingerprint density at radius 2 is 1.79 bits per heavy atom. The first-order valence-corrected chi connectivity index (χ1v) is 9.10. The average Bonchev–Trinajstić information content (AvgIpc) is 2.50. The van der Waals surface area contributed by atoms with Crippen LogP contribution in [0, 0.1) is 10.1 Å². The number of ether oxygens (including phenoxy) is 1. The summed E-state index contributed by atoms with van der Waals surface area (Å²) in [5.41, 5.74) is -6.13. The lowest BCUT2D eigenvalue weighted by atomic mass is 10.3. The molecule has 0 saturated heterocycles. The Kier molecular flexibility index (Phi) is 7.27. The topological polar surface area (TPSA) is 104 Å². The number of alkyl halides is 7. The second-order valence-electron chi connectivity index (χ2n) is 4.92. The molecule has 28 heavy (non-hydrogen) atoms. The number of nitrogens with zero attached hydrogens (tertiary/aromatic N) is 1. The van der Waals surface area contributed by atoms with E-state index in [1.807, 2.05) is 0 Å². The van der Waals surface area contributed by atoms with Gasteiger partial charge in [-0.1, -0.05) is 0 Å². The molecule has 7 nitrogen and oxygen atoms in total. The third-order valence-electron chi connectivity index (χ3n) is 2.75. The molecule has 0 aliphatic heterocycles. The molecule has 0 aliphatic carbocycles. The highest BCUT2D eigenvalue weighted by molar-refractivity contribution is 8.00. The van der Waals surface area contributed by atoms with E-state index in [9.17, 15) is 54.1 Å². The van der Waals surface area contributed by atoms with Gasteiger partial charge in [-0.05, 0) is 23.9 Å². The van der Waals surface area contributed by atoms with E-state index in [4.69, 9.17) is 0 Å². The van der Waals surface area contributed by atoms with Crippen molar-refractivity contribution in [3.05, 3.63) is 28.3 Å². The molecular formula is C12H8F7NO6S2. The van der Waals surface area contributed by atoms with Crippen molar-refractivity contribution in [1.82, 2.24) is 0 Å². The molecule has 16 heteroatoms. The Hall–Kier alpha value is -2.10. The zero-order valence-electron chi connectivity index (χ0n) is 13.1. The molecule has 0 aliphatic rings. The number of hydrogen-bond acceptors (Lipinski definition) is 7. The van der Waals surface area contributed by atoms with E-state index in [-0.39, 0.29) is 0 Å². The molecule has 0 amide bonds. The fourth-order valence-electron chi connectivity index (χ4n) is 1.61. The van der Waals surface area contributed by atoms with Gasteiger partial charge in [0.1, 0.15) is 4.90 Å². The second kappa shape index (κ2) is 8.50. The largest absolute Gasteiger partial charge is 0.458 e. The van der Waals surface area contributed by atoms with Crippen molar-refractivity contribution in [2.75, 3.05) is 12.4 Å². The summed E-state index contributed by atoms with van der Waals surface area (Å²) in [6, 6.07) is 1.29. The molecule has 0 unspecified atom stereocenters. The number of halogens is 7. The average molecular weight is 459 g/mol. The van der Waals surface area contributed by atoms with Crippen LogP contribution in [0.5, 0.6) is 0 Å². The molecule has 0 heterocycles. The van der Waals surface area contributed by atoms with Crippen LogP contribution in [-0.2, 0) is 19.4 Å². The van der Waals surface area contributed by atoms with Crippen molar-refractivity contribution in [3.8, 4) is 0 Å². The maximum absolute atomic E-state index is 12.7. The van der Waals surface area contributed by atoms with Crippen LogP contribution < -0.4 is 0 Å². The highest BCUT2D eigenvalue weighted by Gasteiger charge is 2.42. The van der Waals surface area contributed by atoms with E-state index in [1.165, 1.54) is 0 Å². The Balaban J connectivity index is 3.07. The summed E-state index contributed by atoms with van der Waals surface area (Å²) in [4.78, 5) is 19.1. The van der Waals surface area contributed by atoms with Crippen LogP contribution in [0.1, 0.15) is 0 Å². The summed E-state index contributed by atoms with van der Waals surface area (Å²) >= 11 is -0.766. The van der Waals surface area contributed by atoms with Crippen molar-refractivity contribution in [2.24, 2.45) is 0 Å². The van der Waals surface area contributed by atoms with Crippen molar-refractivity contribution < 1.29 is 53.6 Å². The van der Waals surface area contributed by atoms with E-state index in [1.54, 1.807) is 0 Å². The summed E-state index contributed by atoms with van der Waals surface area (Å²) in [5.74, 6) is -8.40. The third-order valence-corrected chi connectivity index (χ3v) is 5.10. The van der Waals surface area contributed by atoms with Gasteiger partial charge >= 0.3 is 23.8 Å². The van der Waals surface area contributed by atoms with Crippen LogP contribution in [0.15, 0.2) is 28.0 Å². The molecule has 0 aromatic heterocycles. The fourth-order valence-corrected chi connectivity index (χ4v) is 3.46. The minimum atomic E-state index is -4.92. The van der Waals surface area contributed by atoms with Gasteiger partial charge in [-0.25, -0.2) is 17.2 Å². The van der Waals surface area contributed by atoms with Crippen molar-refractivity contribution in [2.45, 2.75) is 27.6 Å². The van der Waals surface area contributed by atoms with E-state index < -0.39 is 78.2 Å². The summed E-state index contributed by atoms with van der Waals surface area (Å²) in [7, 11) is -4.92. The maximum atomic E-state index is 12.7. The number of carbonyl (C=O) groups excluding carboxylic acids is 1. The molecule has 0 atom stereocenters. The summed E-state index contributed by atoms with van der Waals surface area (Å²) < 4.78 is 114. The van der Waals surface area contributed by atoms with Crippen molar-refractivity contribution in [3.63, 3.8) is 0 Å². The molecule has 0 saturated carbocycles. The van der Waals surface area contributed by atoms with Gasteiger partial charge in [-0.2, -0.15) is 22.0 Å². The van der Waals surface area contributed by atoms with Crippen LogP contribution in [-0.4, -0.2) is 49.5 Å². The Labute approximate surface area is 155 Å². The number of hydrogen-bond donors (Lipinski definition) is 0. The van der Waals surface area contributed by atoms with Crippen LogP contribution >= 0.6 is 11.8 Å². The quantitative estimate of drug-likeness (QED) is 0.193. The number of esters is 1.